The molecule has 2 heterocycles. The maximum absolute atomic E-state index is 12.4. The molecule has 0 radical (unpaired) electrons. The van der Waals surface area contributed by atoms with Gasteiger partial charge in [0.25, 0.3) is 11.1 Å². The van der Waals surface area contributed by atoms with Crippen molar-refractivity contribution >= 4 is 28.1 Å². The number of aromatic amines is 3. The minimum atomic E-state index is -0.384. The average Bonchev–Trinajstić information content (AvgIpc) is 3.03. The van der Waals surface area contributed by atoms with E-state index in [1.165, 1.54) is 0 Å². The maximum Gasteiger partial charge on any atom is 0.272 e. The molecule has 3 rings (SSSR count). The Balaban J connectivity index is 2.16. The van der Waals surface area contributed by atoms with Gasteiger partial charge in [-0.05, 0) is 23.8 Å². The van der Waals surface area contributed by atoms with Gasteiger partial charge in [-0.15, -0.1) is 0 Å². The molecule has 0 atom stereocenters. The summed E-state index contributed by atoms with van der Waals surface area (Å²) in [7, 11) is 0. The van der Waals surface area contributed by atoms with E-state index in [1.54, 1.807) is 18.5 Å². The summed E-state index contributed by atoms with van der Waals surface area (Å²) in [5, 5.41) is 0.356. The first-order chi connectivity index (χ1) is 12.3. The van der Waals surface area contributed by atoms with E-state index in [1.807, 2.05) is 45.0 Å². The maximum atomic E-state index is 12.4. The zero-order valence-electron chi connectivity index (χ0n) is 14.7. The molecule has 3 N–H and O–H groups in total. The van der Waals surface area contributed by atoms with Crippen molar-refractivity contribution in [2.24, 2.45) is 0 Å². The molecule has 0 aliphatic carbocycles. The highest BCUT2D eigenvalue weighted by atomic mass is 79.9. The molecule has 0 fully saturated rings. The number of hydrogen-bond donors (Lipinski definition) is 3. The predicted molar refractivity (Wildman–Crippen MR) is 105 cm³/mol. The van der Waals surface area contributed by atoms with Gasteiger partial charge in [-0.1, -0.05) is 54.9 Å². The Labute approximate surface area is 157 Å². The van der Waals surface area contributed by atoms with Gasteiger partial charge in [-0.2, -0.15) is 0 Å². The first kappa shape index (κ1) is 18.1. The minimum absolute atomic E-state index is 0.164. The number of nitrogens with zero attached hydrogens (tertiary/aromatic N) is 1. The van der Waals surface area contributed by atoms with Crippen LogP contribution < -0.4 is 21.8 Å². The SMILES string of the molecule is CC(C)(C)c1[nH]cnc1/C=c1\[nH]c(=O)/c(=C/c2ccccc2Br)[nH]c1=O. The van der Waals surface area contributed by atoms with Crippen LogP contribution in [0, 0.1) is 0 Å². The minimum Gasteiger partial charge on any atom is -0.348 e. The van der Waals surface area contributed by atoms with Crippen LogP contribution in [0.3, 0.4) is 0 Å². The van der Waals surface area contributed by atoms with Crippen molar-refractivity contribution in [2.75, 3.05) is 0 Å². The normalized spacial score (nSPS) is 13.4. The summed E-state index contributed by atoms with van der Waals surface area (Å²) >= 11 is 3.42. The van der Waals surface area contributed by atoms with Gasteiger partial charge < -0.3 is 15.0 Å². The van der Waals surface area contributed by atoms with Gasteiger partial charge in [-0.25, -0.2) is 4.98 Å². The van der Waals surface area contributed by atoms with Gasteiger partial charge in [0.2, 0.25) is 0 Å². The highest BCUT2D eigenvalue weighted by molar-refractivity contribution is 9.10. The molecule has 0 unspecified atom stereocenters. The summed E-state index contributed by atoms with van der Waals surface area (Å²) in [6, 6.07) is 7.45. The van der Waals surface area contributed by atoms with Crippen molar-refractivity contribution in [1.82, 2.24) is 19.9 Å². The first-order valence-corrected chi connectivity index (χ1v) is 8.89. The first-order valence-electron chi connectivity index (χ1n) is 8.10. The molecule has 0 aliphatic heterocycles. The van der Waals surface area contributed by atoms with E-state index in [9.17, 15) is 9.59 Å². The van der Waals surface area contributed by atoms with Gasteiger partial charge in [0, 0.05) is 15.6 Å². The number of halogens is 1. The molecular weight excluding hydrogens is 396 g/mol. The topological polar surface area (TPSA) is 94.4 Å². The lowest BCUT2D eigenvalue weighted by Gasteiger charge is -2.16. The quantitative estimate of drug-likeness (QED) is 0.592. The number of hydrogen-bond acceptors (Lipinski definition) is 3. The van der Waals surface area contributed by atoms with Crippen molar-refractivity contribution in [1.29, 1.82) is 0 Å². The van der Waals surface area contributed by atoms with Gasteiger partial charge in [-0.3, -0.25) is 9.59 Å². The predicted octanol–water partition coefficient (Wildman–Crippen LogP) is 1.50. The van der Waals surface area contributed by atoms with Crippen LogP contribution in [0.1, 0.15) is 37.7 Å². The van der Waals surface area contributed by atoms with Gasteiger partial charge in [0.05, 0.1) is 12.0 Å². The van der Waals surface area contributed by atoms with Crippen LogP contribution >= 0.6 is 15.9 Å². The molecule has 3 aromatic rings. The van der Waals surface area contributed by atoms with Crippen LogP contribution in [-0.2, 0) is 5.41 Å². The number of benzene rings is 1. The Morgan fingerprint density at radius 3 is 2.23 bits per heavy atom. The molecule has 0 saturated carbocycles. The Hall–Kier alpha value is -2.67. The van der Waals surface area contributed by atoms with Crippen molar-refractivity contribution in [3.05, 3.63) is 83.4 Å². The largest absolute Gasteiger partial charge is 0.348 e. The number of nitrogens with one attached hydrogen (secondary N) is 3. The molecule has 6 nitrogen and oxygen atoms in total. The lowest BCUT2D eigenvalue weighted by Crippen LogP contribution is -2.46. The lowest BCUT2D eigenvalue weighted by molar-refractivity contribution is 0.571. The third kappa shape index (κ3) is 3.77. The van der Waals surface area contributed by atoms with Crippen LogP contribution in [0.5, 0.6) is 0 Å². The molecule has 1 aromatic carbocycles. The zero-order valence-corrected chi connectivity index (χ0v) is 16.3. The molecule has 7 heteroatoms. The molecular formula is C19H19BrN4O2. The third-order valence-electron chi connectivity index (χ3n) is 3.89. The standard InChI is InChI=1S/C19H19BrN4O2/c1-19(2,3)16-13(21-10-22-16)9-15-18(26)23-14(17(25)24-15)8-11-6-4-5-7-12(11)20/h4-10H,1-3H3,(H,21,22)(H,23,26)(H,24,25)/b14-8-,15-9-. The van der Waals surface area contributed by atoms with Crippen LogP contribution in [0.4, 0.5) is 0 Å². The van der Waals surface area contributed by atoms with E-state index >= 15 is 0 Å². The average molecular weight is 415 g/mol. The molecule has 0 saturated heterocycles. The summed E-state index contributed by atoms with van der Waals surface area (Å²) in [4.78, 5) is 37.5. The van der Waals surface area contributed by atoms with Crippen molar-refractivity contribution in [3.8, 4) is 0 Å². The molecule has 0 amide bonds. The third-order valence-corrected chi connectivity index (χ3v) is 4.61. The Morgan fingerprint density at radius 1 is 1.00 bits per heavy atom. The van der Waals surface area contributed by atoms with Crippen LogP contribution in [0.25, 0.3) is 12.2 Å². The van der Waals surface area contributed by atoms with Gasteiger partial charge in [0.1, 0.15) is 10.7 Å². The molecule has 134 valence electrons. The second-order valence-corrected chi connectivity index (χ2v) is 7.81. The zero-order chi connectivity index (χ0) is 18.9. The Morgan fingerprint density at radius 2 is 1.62 bits per heavy atom. The van der Waals surface area contributed by atoms with Gasteiger partial charge >= 0.3 is 0 Å². The van der Waals surface area contributed by atoms with Crippen LogP contribution in [0.2, 0.25) is 0 Å². The summed E-state index contributed by atoms with van der Waals surface area (Å²) in [5.74, 6) is 0. The molecule has 0 spiro atoms. The van der Waals surface area contributed by atoms with E-state index in [2.05, 4.69) is 35.9 Å². The number of imidazole rings is 1. The monoisotopic (exact) mass is 414 g/mol. The summed E-state index contributed by atoms with van der Waals surface area (Å²) in [5.41, 5.74) is 1.39. The van der Waals surface area contributed by atoms with E-state index in [0.717, 1.165) is 15.7 Å². The van der Waals surface area contributed by atoms with E-state index in [-0.39, 0.29) is 27.2 Å². The summed E-state index contributed by atoms with van der Waals surface area (Å²) in [6.07, 6.45) is 4.79. The smallest absolute Gasteiger partial charge is 0.272 e. The second-order valence-electron chi connectivity index (χ2n) is 6.96. The number of aromatic nitrogens is 4. The van der Waals surface area contributed by atoms with Crippen molar-refractivity contribution in [2.45, 2.75) is 26.2 Å². The Bertz CT molecular complexity index is 1180. The molecule has 0 bridgehead atoms. The fourth-order valence-electron chi connectivity index (χ4n) is 2.60. The number of rotatable bonds is 2. The number of H-pyrrole nitrogens is 3. The molecule has 0 aliphatic rings. The highest BCUT2D eigenvalue weighted by Crippen LogP contribution is 2.22. The highest BCUT2D eigenvalue weighted by Gasteiger charge is 2.19. The van der Waals surface area contributed by atoms with Gasteiger partial charge in [0.15, 0.2) is 0 Å². The molecule has 2 aromatic heterocycles. The van der Waals surface area contributed by atoms with E-state index in [0.29, 0.717) is 5.69 Å². The second kappa shape index (κ2) is 6.92. The fourth-order valence-corrected chi connectivity index (χ4v) is 2.99. The van der Waals surface area contributed by atoms with Crippen LogP contribution in [0.15, 0.2) is 44.7 Å². The van der Waals surface area contributed by atoms with E-state index < -0.39 is 0 Å². The van der Waals surface area contributed by atoms with Crippen molar-refractivity contribution in [3.63, 3.8) is 0 Å². The lowest BCUT2D eigenvalue weighted by atomic mass is 9.90. The fraction of sp³-hybridized carbons (Fsp3) is 0.211. The van der Waals surface area contributed by atoms with Crippen molar-refractivity contribution < 1.29 is 0 Å². The molecule has 26 heavy (non-hydrogen) atoms. The van der Waals surface area contributed by atoms with Crippen LogP contribution in [-0.4, -0.2) is 19.9 Å². The van der Waals surface area contributed by atoms with E-state index in [4.69, 9.17) is 0 Å². The summed E-state index contributed by atoms with van der Waals surface area (Å²) in [6.45, 7) is 6.13. The Kier molecular flexibility index (Phi) is 4.82. The summed E-state index contributed by atoms with van der Waals surface area (Å²) < 4.78 is 0.835.